The average molecular weight is 285 g/mol. The van der Waals surface area contributed by atoms with Crippen molar-refractivity contribution in [2.45, 2.75) is 19.8 Å². The van der Waals surface area contributed by atoms with E-state index in [1.54, 1.807) is 6.33 Å². The van der Waals surface area contributed by atoms with Crippen molar-refractivity contribution in [3.63, 3.8) is 0 Å². The molecule has 1 aromatic heterocycles. The lowest BCUT2D eigenvalue weighted by molar-refractivity contribution is 0.759. The summed E-state index contributed by atoms with van der Waals surface area (Å²) in [6.45, 7) is 3.11. The van der Waals surface area contributed by atoms with Gasteiger partial charge in [-0.3, -0.25) is 0 Å². The van der Waals surface area contributed by atoms with Crippen molar-refractivity contribution in [1.82, 2.24) is 9.97 Å². The highest BCUT2D eigenvalue weighted by Crippen LogP contribution is 2.31. The molecule has 0 spiro atoms. The molecule has 2 rings (SSSR count). The zero-order valence-corrected chi connectivity index (χ0v) is 13.0. The first-order chi connectivity index (χ1) is 10.1. The fourth-order valence-corrected chi connectivity index (χ4v) is 2.22. The number of aromatic nitrogens is 2. The van der Waals surface area contributed by atoms with E-state index in [1.807, 2.05) is 49.3 Å². The molecule has 112 valence electrons. The molecule has 0 atom stereocenters. The Hall–Kier alpha value is -2.30. The number of nitrogens with two attached hydrogens (primary N) is 1. The van der Waals surface area contributed by atoms with Crippen molar-refractivity contribution in [2.24, 2.45) is 0 Å². The van der Waals surface area contributed by atoms with E-state index < -0.39 is 0 Å². The van der Waals surface area contributed by atoms with Crippen LogP contribution in [0.25, 0.3) is 0 Å². The predicted octanol–water partition coefficient (Wildman–Crippen LogP) is 3.06. The molecule has 0 radical (unpaired) electrons. The summed E-state index contributed by atoms with van der Waals surface area (Å²) >= 11 is 0. The summed E-state index contributed by atoms with van der Waals surface area (Å²) in [6, 6.07) is 10.0. The first-order valence-electron chi connectivity index (χ1n) is 7.25. The molecule has 0 unspecified atom stereocenters. The van der Waals surface area contributed by atoms with Crippen LogP contribution in [0.5, 0.6) is 0 Å². The number of nitrogens with zero attached hydrogens (tertiary/aromatic N) is 4. The van der Waals surface area contributed by atoms with Crippen LogP contribution in [0.2, 0.25) is 0 Å². The van der Waals surface area contributed by atoms with E-state index in [0.717, 1.165) is 36.7 Å². The first-order valence-corrected chi connectivity index (χ1v) is 7.25. The topological polar surface area (TPSA) is 58.3 Å². The van der Waals surface area contributed by atoms with Gasteiger partial charge < -0.3 is 15.5 Å². The lowest BCUT2D eigenvalue weighted by Crippen LogP contribution is -2.23. The normalized spacial score (nSPS) is 10.4. The molecule has 0 aliphatic rings. The molecule has 2 aromatic rings. The number of unbranched alkanes of at least 4 members (excludes halogenated alkanes) is 1. The van der Waals surface area contributed by atoms with E-state index in [2.05, 4.69) is 21.8 Å². The Kier molecular flexibility index (Phi) is 4.98. The fourth-order valence-electron chi connectivity index (χ4n) is 2.22. The van der Waals surface area contributed by atoms with Gasteiger partial charge in [-0.1, -0.05) is 31.5 Å². The maximum atomic E-state index is 6.29. The Labute approximate surface area is 126 Å². The van der Waals surface area contributed by atoms with Crippen LogP contribution in [0.3, 0.4) is 0 Å². The predicted molar refractivity (Wildman–Crippen MR) is 89.1 cm³/mol. The molecule has 21 heavy (non-hydrogen) atoms. The highest BCUT2D eigenvalue weighted by molar-refractivity contribution is 5.79. The molecule has 0 bridgehead atoms. The first kappa shape index (κ1) is 15.1. The molecular weight excluding hydrogens is 262 g/mol. The molecule has 0 aliphatic heterocycles. The largest absolute Gasteiger partial charge is 0.393 e. The molecule has 2 N–H and O–H groups in total. The third-order valence-electron chi connectivity index (χ3n) is 3.51. The highest BCUT2D eigenvalue weighted by atomic mass is 15.2. The Bertz CT molecular complexity index is 570. The smallest absolute Gasteiger partial charge is 0.161 e. The Morgan fingerprint density at radius 3 is 2.38 bits per heavy atom. The van der Waals surface area contributed by atoms with E-state index >= 15 is 0 Å². The van der Waals surface area contributed by atoms with Gasteiger partial charge >= 0.3 is 0 Å². The minimum atomic E-state index is 0.613. The van der Waals surface area contributed by atoms with Crippen LogP contribution in [-0.2, 0) is 0 Å². The number of rotatable bonds is 6. The summed E-state index contributed by atoms with van der Waals surface area (Å²) in [5.41, 5.74) is 7.95. The van der Waals surface area contributed by atoms with Gasteiger partial charge in [0.2, 0.25) is 0 Å². The van der Waals surface area contributed by atoms with Gasteiger partial charge in [-0.2, -0.15) is 0 Å². The summed E-state index contributed by atoms with van der Waals surface area (Å²) in [5.74, 6) is 1.52. The highest BCUT2D eigenvalue weighted by Gasteiger charge is 2.15. The minimum Gasteiger partial charge on any atom is -0.393 e. The van der Waals surface area contributed by atoms with Gasteiger partial charge in [0.15, 0.2) is 11.6 Å². The Morgan fingerprint density at radius 1 is 1.05 bits per heavy atom. The third kappa shape index (κ3) is 3.42. The van der Waals surface area contributed by atoms with Crippen LogP contribution in [0.4, 0.5) is 23.0 Å². The number of benzene rings is 1. The van der Waals surface area contributed by atoms with Crippen molar-refractivity contribution >= 4 is 23.0 Å². The molecule has 0 saturated carbocycles. The second-order valence-electron chi connectivity index (χ2n) is 5.10. The fraction of sp³-hybridized carbons (Fsp3) is 0.375. The Balaban J connectivity index is 2.29. The summed E-state index contributed by atoms with van der Waals surface area (Å²) in [6.07, 6.45) is 3.83. The zero-order chi connectivity index (χ0) is 15.2. The van der Waals surface area contributed by atoms with Crippen LogP contribution >= 0.6 is 0 Å². The molecule has 0 fully saturated rings. The Morgan fingerprint density at radius 2 is 1.71 bits per heavy atom. The number of anilines is 4. The van der Waals surface area contributed by atoms with E-state index in [0.29, 0.717) is 5.69 Å². The molecule has 1 heterocycles. The van der Waals surface area contributed by atoms with E-state index in [1.165, 1.54) is 0 Å². The quantitative estimate of drug-likeness (QED) is 0.884. The second kappa shape index (κ2) is 6.92. The molecule has 1 aromatic carbocycles. The number of para-hydroxylation sites is 1. The lowest BCUT2D eigenvalue weighted by atomic mass is 10.2. The van der Waals surface area contributed by atoms with Crippen LogP contribution in [0, 0.1) is 0 Å². The van der Waals surface area contributed by atoms with E-state index in [4.69, 9.17) is 5.73 Å². The molecule has 5 heteroatoms. The summed E-state index contributed by atoms with van der Waals surface area (Å²) in [4.78, 5) is 12.7. The zero-order valence-electron chi connectivity index (χ0n) is 13.0. The third-order valence-corrected chi connectivity index (χ3v) is 3.51. The van der Waals surface area contributed by atoms with Crippen molar-refractivity contribution in [1.29, 1.82) is 0 Å². The monoisotopic (exact) mass is 285 g/mol. The van der Waals surface area contributed by atoms with Gasteiger partial charge in [0.1, 0.15) is 12.0 Å². The van der Waals surface area contributed by atoms with E-state index in [9.17, 15) is 0 Å². The van der Waals surface area contributed by atoms with E-state index in [-0.39, 0.29) is 0 Å². The summed E-state index contributed by atoms with van der Waals surface area (Å²) in [7, 11) is 3.98. The molecule has 0 amide bonds. The van der Waals surface area contributed by atoms with Gasteiger partial charge in [0.05, 0.1) is 0 Å². The minimum absolute atomic E-state index is 0.613. The standard InChI is InChI=1S/C16H23N5/c1-4-5-11-20(2)15-14(17)16(19-12-18-15)21(3)13-9-7-6-8-10-13/h6-10,12H,4-5,11,17H2,1-3H3. The maximum Gasteiger partial charge on any atom is 0.161 e. The van der Waals surface area contributed by atoms with Crippen LogP contribution in [0.1, 0.15) is 19.8 Å². The van der Waals surface area contributed by atoms with Crippen molar-refractivity contribution in [3.8, 4) is 0 Å². The molecule has 5 nitrogen and oxygen atoms in total. The van der Waals surface area contributed by atoms with Gasteiger partial charge in [-0.25, -0.2) is 9.97 Å². The SMILES string of the molecule is CCCCN(C)c1ncnc(N(C)c2ccccc2)c1N. The lowest BCUT2D eigenvalue weighted by Gasteiger charge is -2.24. The molecule has 0 aliphatic carbocycles. The van der Waals surface area contributed by atoms with Gasteiger partial charge in [0.25, 0.3) is 0 Å². The van der Waals surface area contributed by atoms with Crippen LogP contribution in [-0.4, -0.2) is 30.6 Å². The number of nitrogen functional groups attached to an aromatic ring is 1. The van der Waals surface area contributed by atoms with Crippen molar-refractivity contribution in [2.75, 3.05) is 36.2 Å². The summed E-state index contributed by atoms with van der Waals surface area (Å²) in [5, 5.41) is 0. The summed E-state index contributed by atoms with van der Waals surface area (Å²) < 4.78 is 0. The maximum absolute atomic E-state index is 6.29. The van der Waals surface area contributed by atoms with Crippen LogP contribution in [0.15, 0.2) is 36.7 Å². The number of hydrogen-bond donors (Lipinski definition) is 1. The number of hydrogen-bond acceptors (Lipinski definition) is 5. The van der Waals surface area contributed by atoms with Crippen LogP contribution < -0.4 is 15.5 Å². The average Bonchev–Trinajstić information content (AvgIpc) is 2.53. The van der Waals surface area contributed by atoms with Crippen molar-refractivity contribution in [3.05, 3.63) is 36.7 Å². The molecular formula is C16H23N5. The van der Waals surface area contributed by atoms with Gasteiger partial charge in [-0.05, 0) is 18.6 Å². The second-order valence-corrected chi connectivity index (χ2v) is 5.10. The van der Waals surface area contributed by atoms with Crippen molar-refractivity contribution < 1.29 is 0 Å². The molecule has 0 saturated heterocycles. The van der Waals surface area contributed by atoms with Gasteiger partial charge in [0, 0.05) is 26.3 Å². The van der Waals surface area contributed by atoms with Gasteiger partial charge in [-0.15, -0.1) is 0 Å².